The van der Waals surface area contributed by atoms with Crippen molar-refractivity contribution in [2.75, 3.05) is 12.3 Å². The van der Waals surface area contributed by atoms with Crippen LogP contribution in [-0.2, 0) is 17.8 Å². The van der Waals surface area contributed by atoms with Crippen LogP contribution in [0.3, 0.4) is 0 Å². The first-order valence-corrected chi connectivity index (χ1v) is 3.81. The Kier molecular flexibility index (Phi) is 1.55. The van der Waals surface area contributed by atoms with Gasteiger partial charge in [0.2, 0.25) is 0 Å². The molecule has 2 heteroatoms. The van der Waals surface area contributed by atoms with Gasteiger partial charge in [0.25, 0.3) is 0 Å². The molecule has 0 fully saturated rings. The highest BCUT2D eigenvalue weighted by Crippen LogP contribution is 2.18. The zero-order valence-corrected chi connectivity index (χ0v) is 6.34. The molecule has 0 amide bonds. The summed E-state index contributed by atoms with van der Waals surface area (Å²) in [5, 5.41) is 0. The molecule has 0 aliphatic carbocycles. The summed E-state index contributed by atoms with van der Waals surface area (Å²) in [6.07, 6.45) is 1.02. The summed E-state index contributed by atoms with van der Waals surface area (Å²) < 4.78 is 5.30. The SMILES string of the molecule is Nc1ccc2c(c1)COCC2. The summed E-state index contributed by atoms with van der Waals surface area (Å²) in [7, 11) is 0. The molecule has 2 N–H and O–H groups in total. The van der Waals surface area contributed by atoms with Crippen molar-refractivity contribution >= 4 is 5.69 Å². The molecule has 0 bridgehead atoms. The molecule has 0 saturated heterocycles. The normalized spacial score (nSPS) is 16.0. The van der Waals surface area contributed by atoms with Gasteiger partial charge in [-0.3, -0.25) is 0 Å². The lowest BCUT2D eigenvalue weighted by Gasteiger charge is -2.16. The van der Waals surface area contributed by atoms with Crippen LogP contribution in [0.2, 0.25) is 0 Å². The van der Waals surface area contributed by atoms with E-state index in [4.69, 9.17) is 10.5 Å². The molecule has 1 aliphatic heterocycles. The molecular weight excluding hydrogens is 138 g/mol. The van der Waals surface area contributed by atoms with Gasteiger partial charge in [0.05, 0.1) is 13.2 Å². The first-order chi connectivity index (χ1) is 5.36. The van der Waals surface area contributed by atoms with Gasteiger partial charge in [-0.1, -0.05) is 6.07 Å². The third-order valence-electron chi connectivity index (χ3n) is 2.00. The van der Waals surface area contributed by atoms with Crippen LogP contribution in [0, 0.1) is 0 Å². The fourth-order valence-electron chi connectivity index (χ4n) is 1.39. The van der Waals surface area contributed by atoms with E-state index >= 15 is 0 Å². The number of rotatable bonds is 0. The van der Waals surface area contributed by atoms with E-state index in [1.54, 1.807) is 0 Å². The molecule has 11 heavy (non-hydrogen) atoms. The standard InChI is InChI=1S/C9H11NO/c10-9-2-1-7-3-4-11-6-8(7)5-9/h1-2,5H,3-4,6,10H2. The molecular formula is C9H11NO. The van der Waals surface area contributed by atoms with E-state index in [1.807, 2.05) is 12.1 Å². The predicted octanol–water partition coefficient (Wildman–Crippen LogP) is 1.34. The summed E-state index contributed by atoms with van der Waals surface area (Å²) in [6, 6.07) is 6.03. The number of nitrogens with two attached hydrogens (primary N) is 1. The van der Waals surface area contributed by atoms with Crippen molar-refractivity contribution in [1.29, 1.82) is 0 Å². The number of hydrogen-bond acceptors (Lipinski definition) is 2. The highest BCUT2D eigenvalue weighted by Gasteiger charge is 2.07. The first-order valence-electron chi connectivity index (χ1n) is 3.81. The van der Waals surface area contributed by atoms with E-state index in [0.717, 1.165) is 25.3 Å². The molecule has 0 spiro atoms. The summed E-state index contributed by atoms with van der Waals surface area (Å²) >= 11 is 0. The Morgan fingerprint density at radius 1 is 1.27 bits per heavy atom. The minimum atomic E-state index is 0.723. The van der Waals surface area contributed by atoms with E-state index in [2.05, 4.69) is 6.07 Å². The first kappa shape index (κ1) is 6.68. The van der Waals surface area contributed by atoms with Gasteiger partial charge in [-0.05, 0) is 29.7 Å². The molecule has 2 nitrogen and oxygen atoms in total. The molecule has 0 saturated carbocycles. The second-order valence-electron chi connectivity index (χ2n) is 2.83. The summed E-state index contributed by atoms with van der Waals surface area (Å²) in [6.45, 7) is 1.57. The lowest BCUT2D eigenvalue weighted by molar-refractivity contribution is 0.111. The van der Waals surface area contributed by atoms with Crippen LogP contribution >= 0.6 is 0 Å². The zero-order chi connectivity index (χ0) is 7.68. The topological polar surface area (TPSA) is 35.2 Å². The van der Waals surface area contributed by atoms with E-state index in [0.29, 0.717) is 0 Å². The Balaban J connectivity index is 2.43. The van der Waals surface area contributed by atoms with Crippen molar-refractivity contribution in [2.24, 2.45) is 0 Å². The lowest BCUT2D eigenvalue weighted by atomic mass is 10.0. The highest BCUT2D eigenvalue weighted by molar-refractivity contribution is 5.45. The number of fused-ring (bicyclic) bond motifs is 1. The summed E-state index contributed by atoms with van der Waals surface area (Å²) in [5.41, 5.74) is 9.08. The molecule has 1 aromatic rings. The van der Waals surface area contributed by atoms with Gasteiger partial charge in [0.15, 0.2) is 0 Å². The predicted molar refractivity (Wildman–Crippen MR) is 44.2 cm³/mol. The minimum absolute atomic E-state index is 0.723. The Labute approximate surface area is 66.0 Å². The Bertz CT molecular complexity index is 270. The monoisotopic (exact) mass is 149 g/mol. The van der Waals surface area contributed by atoms with Crippen molar-refractivity contribution in [3.05, 3.63) is 29.3 Å². The maximum absolute atomic E-state index is 5.63. The molecule has 0 radical (unpaired) electrons. The maximum Gasteiger partial charge on any atom is 0.0720 e. The lowest BCUT2D eigenvalue weighted by Crippen LogP contribution is -2.09. The van der Waals surface area contributed by atoms with Crippen LogP contribution < -0.4 is 5.73 Å². The van der Waals surface area contributed by atoms with Crippen molar-refractivity contribution in [2.45, 2.75) is 13.0 Å². The van der Waals surface area contributed by atoms with Gasteiger partial charge < -0.3 is 10.5 Å². The zero-order valence-electron chi connectivity index (χ0n) is 6.34. The van der Waals surface area contributed by atoms with Crippen LogP contribution in [0.15, 0.2) is 18.2 Å². The smallest absolute Gasteiger partial charge is 0.0720 e. The van der Waals surface area contributed by atoms with Gasteiger partial charge in [-0.15, -0.1) is 0 Å². The van der Waals surface area contributed by atoms with Gasteiger partial charge in [-0.2, -0.15) is 0 Å². The average Bonchev–Trinajstić information content (AvgIpc) is 2.04. The number of hydrogen-bond donors (Lipinski definition) is 1. The second kappa shape index (κ2) is 2.55. The van der Waals surface area contributed by atoms with Gasteiger partial charge >= 0.3 is 0 Å². The quantitative estimate of drug-likeness (QED) is 0.565. The molecule has 58 valence electrons. The van der Waals surface area contributed by atoms with Crippen molar-refractivity contribution in [1.82, 2.24) is 0 Å². The minimum Gasteiger partial charge on any atom is -0.399 e. The third kappa shape index (κ3) is 1.21. The van der Waals surface area contributed by atoms with Crippen molar-refractivity contribution in [3.8, 4) is 0 Å². The van der Waals surface area contributed by atoms with Crippen LogP contribution in [0.25, 0.3) is 0 Å². The third-order valence-corrected chi connectivity index (χ3v) is 2.00. The molecule has 0 unspecified atom stereocenters. The van der Waals surface area contributed by atoms with Gasteiger partial charge in [0, 0.05) is 5.69 Å². The molecule has 1 aromatic carbocycles. The fraction of sp³-hybridized carbons (Fsp3) is 0.333. The number of anilines is 1. The number of ether oxygens (including phenoxy) is 1. The van der Waals surface area contributed by atoms with E-state index in [1.165, 1.54) is 11.1 Å². The number of benzene rings is 1. The van der Waals surface area contributed by atoms with Crippen LogP contribution in [0.1, 0.15) is 11.1 Å². The molecule has 0 atom stereocenters. The van der Waals surface area contributed by atoms with Crippen LogP contribution in [-0.4, -0.2) is 6.61 Å². The summed E-state index contributed by atoms with van der Waals surface area (Å²) in [5.74, 6) is 0. The highest BCUT2D eigenvalue weighted by atomic mass is 16.5. The van der Waals surface area contributed by atoms with Crippen LogP contribution in [0.4, 0.5) is 5.69 Å². The summed E-state index contributed by atoms with van der Waals surface area (Å²) in [4.78, 5) is 0. The fourth-order valence-corrected chi connectivity index (χ4v) is 1.39. The van der Waals surface area contributed by atoms with E-state index in [9.17, 15) is 0 Å². The Hall–Kier alpha value is -1.02. The molecule has 1 heterocycles. The average molecular weight is 149 g/mol. The van der Waals surface area contributed by atoms with E-state index in [-0.39, 0.29) is 0 Å². The Morgan fingerprint density at radius 3 is 3.09 bits per heavy atom. The van der Waals surface area contributed by atoms with Crippen molar-refractivity contribution in [3.63, 3.8) is 0 Å². The van der Waals surface area contributed by atoms with E-state index < -0.39 is 0 Å². The molecule has 1 aliphatic rings. The Morgan fingerprint density at radius 2 is 2.18 bits per heavy atom. The van der Waals surface area contributed by atoms with Gasteiger partial charge in [0.1, 0.15) is 0 Å². The largest absolute Gasteiger partial charge is 0.399 e. The molecule has 2 rings (SSSR count). The number of nitrogen functional groups attached to an aromatic ring is 1. The second-order valence-corrected chi connectivity index (χ2v) is 2.83. The van der Waals surface area contributed by atoms with Crippen molar-refractivity contribution < 1.29 is 4.74 Å². The van der Waals surface area contributed by atoms with Crippen LogP contribution in [0.5, 0.6) is 0 Å². The maximum atomic E-state index is 5.63. The van der Waals surface area contributed by atoms with Gasteiger partial charge in [-0.25, -0.2) is 0 Å². The molecule has 0 aromatic heterocycles.